The van der Waals surface area contributed by atoms with E-state index in [1.165, 1.54) is 19.3 Å². The van der Waals surface area contributed by atoms with Gasteiger partial charge in [0, 0.05) is 5.25 Å². The third kappa shape index (κ3) is 6.49. The van der Waals surface area contributed by atoms with Crippen molar-refractivity contribution in [3.63, 3.8) is 0 Å². The molecule has 0 aromatic rings. The molecule has 0 aliphatic heterocycles. The second-order valence-electron chi connectivity index (χ2n) is 3.15. The first-order valence-electron chi connectivity index (χ1n) is 4.28. The molecule has 0 aliphatic rings. The maximum atomic E-state index is 5.39. The predicted octanol–water partition coefficient (Wildman–Crippen LogP) is 3.53. The van der Waals surface area contributed by atoms with E-state index in [9.17, 15) is 0 Å². The summed E-state index contributed by atoms with van der Waals surface area (Å²) < 4.78 is 0. The van der Waals surface area contributed by atoms with Crippen molar-refractivity contribution in [1.82, 2.24) is 0 Å². The topological polar surface area (TPSA) is 0 Å². The number of allylic oxidation sites excluding steroid dienone is 1. The first-order valence-corrected chi connectivity index (χ1v) is 5.57. The molecule has 0 aliphatic carbocycles. The summed E-state index contributed by atoms with van der Waals surface area (Å²) >= 11 is 1.94. The molecule has 1 heteroatoms. The minimum atomic E-state index is 0.587. The Labute approximate surface area is 75.5 Å². The lowest BCUT2D eigenvalue weighted by molar-refractivity contribution is 0.581. The molecule has 0 bridgehead atoms. The summed E-state index contributed by atoms with van der Waals surface area (Å²) in [6, 6.07) is 0. The molecule has 0 nitrogen and oxygen atoms in total. The summed E-state index contributed by atoms with van der Waals surface area (Å²) in [5.41, 5.74) is 0. The molecule has 0 saturated heterocycles. The van der Waals surface area contributed by atoms with Crippen LogP contribution < -0.4 is 0 Å². The Bertz CT molecular complexity index is 99.0. The van der Waals surface area contributed by atoms with Gasteiger partial charge in [-0.25, -0.2) is 0 Å². The first kappa shape index (κ1) is 11.1. The lowest BCUT2D eigenvalue weighted by Crippen LogP contribution is -1.96. The van der Waals surface area contributed by atoms with Gasteiger partial charge in [-0.15, -0.1) is 0 Å². The van der Waals surface area contributed by atoms with Crippen LogP contribution in [0.3, 0.4) is 0 Å². The number of hydrogen-bond donors (Lipinski definition) is 0. The Morgan fingerprint density at radius 1 is 1.36 bits per heavy atom. The highest BCUT2D eigenvalue weighted by molar-refractivity contribution is 7.99. The van der Waals surface area contributed by atoms with E-state index in [1.54, 1.807) is 6.08 Å². The zero-order valence-electron chi connectivity index (χ0n) is 7.84. The zero-order chi connectivity index (χ0) is 8.69. The third-order valence-electron chi connectivity index (χ3n) is 2.00. The normalized spacial score (nSPS) is 15.9. The van der Waals surface area contributed by atoms with Crippen LogP contribution in [0.15, 0.2) is 6.08 Å². The van der Waals surface area contributed by atoms with Gasteiger partial charge < -0.3 is 0 Å². The van der Waals surface area contributed by atoms with Gasteiger partial charge in [0.1, 0.15) is 0 Å². The van der Waals surface area contributed by atoms with Crippen LogP contribution in [0.5, 0.6) is 0 Å². The Morgan fingerprint density at radius 3 is 2.45 bits per heavy atom. The van der Waals surface area contributed by atoms with Gasteiger partial charge in [0.15, 0.2) is 0 Å². The second-order valence-corrected chi connectivity index (χ2v) is 4.42. The van der Waals surface area contributed by atoms with Gasteiger partial charge in [-0.2, -0.15) is 11.8 Å². The lowest BCUT2D eigenvalue weighted by Gasteiger charge is -2.08. The first-order chi connectivity index (χ1) is 5.20. The molecule has 0 aromatic heterocycles. The molecule has 65 valence electrons. The maximum Gasteiger partial charge on any atom is 0.00159 e. The van der Waals surface area contributed by atoms with E-state index in [0.717, 1.165) is 5.25 Å². The average Bonchev–Trinajstić information content (AvgIpc) is 2.04. The monoisotopic (exact) mass is 171 g/mol. The van der Waals surface area contributed by atoms with Gasteiger partial charge in [-0.3, -0.25) is 0 Å². The van der Waals surface area contributed by atoms with E-state index in [-0.39, 0.29) is 0 Å². The van der Waals surface area contributed by atoms with E-state index in [2.05, 4.69) is 20.1 Å². The molecule has 0 rings (SSSR count). The van der Waals surface area contributed by atoms with Gasteiger partial charge in [-0.1, -0.05) is 32.9 Å². The van der Waals surface area contributed by atoms with Crippen molar-refractivity contribution in [2.75, 3.05) is 6.26 Å². The fourth-order valence-electron chi connectivity index (χ4n) is 0.941. The second kappa shape index (κ2) is 6.78. The average molecular weight is 171 g/mol. The Balaban J connectivity index is 3.19. The van der Waals surface area contributed by atoms with Crippen molar-refractivity contribution >= 4 is 11.8 Å². The molecule has 11 heavy (non-hydrogen) atoms. The van der Waals surface area contributed by atoms with Crippen LogP contribution in [0.1, 0.15) is 33.1 Å². The number of hydrogen-bond acceptors (Lipinski definition) is 1. The molecule has 0 N–H and O–H groups in total. The summed E-state index contributed by atoms with van der Waals surface area (Å²) in [5, 5.41) is 0.806. The molecule has 0 heterocycles. The molecule has 0 spiro atoms. The summed E-state index contributed by atoms with van der Waals surface area (Å²) in [6.45, 7) is 9.84. The van der Waals surface area contributed by atoms with Gasteiger partial charge in [0.05, 0.1) is 0 Å². The minimum Gasteiger partial charge on any atom is -0.162 e. The van der Waals surface area contributed by atoms with Crippen molar-refractivity contribution in [3.05, 3.63) is 12.7 Å². The highest BCUT2D eigenvalue weighted by atomic mass is 32.2. The number of rotatable bonds is 6. The van der Waals surface area contributed by atoms with Gasteiger partial charge in [0.2, 0.25) is 0 Å². The van der Waals surface area contributed by atoms with E-state index < -0.39 is 0 Å². The minimum absolute atomic E-state index is 0.587. The van der Waals surface area contributed by atoms with Crippen LogP contribution in [-0.2, 0) is 0 Å². The smallest absolute Gasteiger partial charge is 0.00159 e. The van der Waals surface area contributed by atoms with Crippen LogP contribution in [0.2, 0.25) is 0 Å². The van der Waals surface area contributed by atoms with Crippen molar-refractivity contribution < 1.29 is 0 Å². The Morgan fingerprint density at radius 2 is 2.00 bits per heavy atom. The van der Waals surface area contributed by atoms with Crippen molar-refractivity contribution in [1.29, 1.82) is 0 Å². The van der Waals surface area contributed by atoms with Crippen LogP contribution in [0.4, 0.5) is 0 Å². The maximum absolute atomic E-state index is 5.39. The standard InChI is InChI=1S/C10H19S/c1-5-9(2)7-6-8-10(3)11-4/h1,5,9-10H,6-8H2,2-4H3. The number of thioether (sulfide) groups is 1. The molecular weight excluding hydrogens is 152 g/mol. The van der Waals surface area contributed by atoms with Crippen molar-refractivity contribution in [2.24, 2.45) is 5.92 Å². The summed E-state index contributed by atoms with van der Waals surface area (Å²) in [7, 11) is 0. The zero-order valence-corrected chi connectivity index (χ0v) is 8.66. The summed E-state index contributed by atoms with van der Waals surface area (Å²) in [6.07, 6.45) is 7.82. The van der Waals surface area contributed by atoms with Crippen molar-refractivity contribution in [3.8, 4) is 0 Å². The van der Waals surface area contributed by atoms with Crippen LogP contribution >= 0.6 is 11.8 Å². The summed E-state index contributed by atoms with van der Waals surface area (Å²) in [5.74, 6) is 0.587. The van der Waals surface area contributed by atoms with Gasteiger partial charge in [-0.05, 0) is 25.0 Å². The third-order valence-corrected chi connectivity index (χ3v) is 3.04. The summed E-state index contributed by atoms with van der Waals surface area (Å²) in [4.78, 5) is 0. The molecule has 1 radical (unpaired) electrons. The molecule has 2 unspecified atom stereocenters. The largest absolute Gasteiger partial charge is 0.162 e. The Kier molecular flexibility index (Phi) is 6.83. The SMILES string of the molecule is [CH]=CC(C)CCCC(C)SC. The predicted molar refractivity (Wildman–Crippen MR) is 54.9 cm³/mol. The molecule has 0 amide bonds. The highest BCUT2D eigenvalue weighted by Gasteiger charge is 2.00. The van der Waals surface area contributed by atoms with Gasteiger partial charge in [0.25, 0.3) is 0 Å². The quantitative estimate of drug-likeness (QED) is 0.589. The van der Waals surface area contributed by atoms with E-state index in [4.69, 9.17) is 6.58 Å². The molecule has 0 saturated carbocycles. The van der Waals surface area contributed by atoms with Crippen LogP contribution in [-0.4, -0.2) is 11.5 Å². The molecule has 0 fully saturated rings. The van der Waals surface area contributed by atoms with E-state index in [1.807, 2.05) is 11.8 Å². The van der Waals surface area contributed by atoms with Crippen LogP contribution in [0, 0.1) is 12.5 Å². The van der Waals surface area contributed by atoms with Crippen LogP contribution in [0.25, 0.3) is 0 Å². The molecule has 2 atom stereocenters. The van der Waals surface area contributed by atoms with E-state index >= 15 is 0 Å². The van der Waals surface area contributed by atoms with Crippen molar-refractivity contribution in [2.45, 2.75) is 38.4 Å². The van der Waals surface area contributed by atoms with E-state index in [0.29, 0.717) is 5.92 Å². The molecule has 0 aromatic carbocycles. The lowest BCUT2D eigenvalue weighted by atomic mass is 10.0. The molecular formula is C10H19S. The highest BCUT2D eigenvalue weighted by Crippen LogP contribution is 2.16. The fraction of sp³-hybridized carbons (Fsp3) is 0.800. The van der Waals surface area contributed by atoms with Gasteiger partial charge >= 0.3 is 0 Å². The fourth-order valence-corrected chi connectivity index (χ4v) is 1.34. The Hall–Kier alpha value is 0.0900.